The molecule has 2 fully saturated rings. The van der Waals surface area contributed by atoms with Gasteiger partial charge in [0, 0.05) is 23.4 Å². The first kappa shape index (κ1) is 22.4. The Bertz CT molecular complexity index is 1480. The largest absolute Gasteiger partial charge is 0.350 e. The molecule has 36 heavy (non-hydrogen) atoms. The van der Waals surface area contributed by atoms with E-state index >= 15 is 0 Å². The molecule has 8 heteroatoms. The second-order valence-electron chi connectivity index (χ2n) is 9.68. The number of halogens is 2. The number of hydrogen-bond acceptors (Lipinski definition) is 3. The number of rotatable bonds is 5. The normalized spacial score (nSPS) is 23.3. The third-order valence-corrected chi connectivity index (χ3v) is 7.19. The third-order valence-electron chi connectivity index (χ3n) is 7.19. The molecule has 1 saturated heterocycles. The summed E-state index contributed by atoms with van der Waals surface area (Å²) in [4.78, 5) is 27.7. The first-order chi connectivity index (χ1) is 17.4. The molecule has 1 N–H and O–H groups in total. The molecular weight excluding hydrogens is 462 g/mol. The summed E-state index contributed by atoms with van der Waals surface area (Å²) in [5, 5.41) is 8.30. The van der Waals surface area contributed by atoms with Crippen molar-refractivity contribution in [1.29, 1.82) is 0 Å². The Balaban J connectivity index is 1.37. The topological polar surface area (TPSA) is 67.2 Å². The first-order valence-electron chi connectivity index (χ1n) is 12.0. The number of nitrogens with zero attached hydrogens (tertiary/aromatic N) is 3. The van der Waals surface area contributed by atoms with Gasteiger partial charge < -0.3 is 10.2 Å². The molecular formula is C28H24F2N4O2. The molecule has 1 aliphatic heterocycles. The fraction of sp³-hybridized carbons (Fsp3) is 0.250. The zero-order chi connectivity index (χ0) is 25.0. The lowest BCUT2D eigenvalue weighted by molar-refractivity contribution is -0.123. The zero-order valence-corrected chi connectivity index (χ0v) is 19.6. The van der Waals surface area contributed by atoms with Crippen LogP contribution < -0.4 is 10.2 Å². The van der Waals surface area contributed by atoms with Gasteiger partial charge in [-0.3, -0.25) is 9.59 Å². The highest BCUT2D eigenvalue weighted by Gasteiger charge is 2.46. The highest BCUT2D eigenvalue weighted by atomic mass is 19.1. The van der Waals surface area contributed by atoms with E-state index in [2.05, 4.69) is 10.4 Å². The van der Waals surface area contributed by atoms with Crippen molar-refractivity contribution in [3.05, 3.63) is 90.1 Å². The number of carbonyl (C=O) groups is 2. The highest BCUT2D eigenvalue weighted by molar-refractivity contribution is 6.00. The summed E-state index contributed by atoms with van der Waals surface area (Å²) in [6, 6.07) is 16.7. The monoisotopic (exact) mass is 486 g/mol. The van der Waals surface area contributed by atoms with Crippen molar-refractivity contribution in [2.45, 2.75) is 31.8 Å². The maximum atomic E-state index is 14.2. The average Bonchev–Trinajstić information content (AvgIpc) is 3.31. The van der Waals surface area contributed by atoms with Crippen molar-refractivity contribution < 1.29 is 18.4 Å². The molecule has 0 bridgehead atoms. The number of benzene rings is 3. The van der Waals surface area contributed by atoms with Gasteiger partial charge in [0.1, 0.15) is 11.6 Å². The lowest BCUT2D eigenvalue weighted by Gasteiger charge is -2.29. The van der Waals surface area contributed by atoms with Crippen molar-refractivity contribution in [2.24, 2.45) is 11.8 Å². The van der Waals surface area contributed by atoms with E-state index in [0.717, 1.165) is 17.3 Å². The van der Waals surface area contributed by atoms with Crippen LogP contribution in [-0.4, -0.2) is 27.6 Å². The van der Waals surface area contributed by atoms with Gasteiger partial charge in [-0.15, -0.1) is 0 Å². The number of carbonyl (C=O) groups excluding carboxylic acids is 2. The van der Waals surface area contributed by atoms with Crippen LogP contribution in [0.3, 0.4) is 0 Å². The Hall–Kier alpha value is -4.07. The summed E-state index contributed by atoms with van der Waals surface area (Å²) in [5.74, 6) is -0.625. The van der Waals surface area contributed by atoms with Crippen LogP contribution in [0.1, 0.15) is 31.4 Å². The van der Waals surface area contributed by atoms with Gasteiger partial charge >= 0.3 is 0 Å². The Labute approximate surface area is 206 Å². The summed E-state index contributed by atoms with van der Waals surface area (Å²) in [5.41, 5.74) is 2.77. The van der Waals surface area contributed by atoms with Crippen molar-refractivity contribution in [1.82, 2.24) is 15.1 Å². The van der Waals surface area contributed by atoms with Gasteiger partial charge in [0.25, 0.3) is 0 Å². The van der Waals surface area contributed by atoms with Crippen LogP contribution in [0.25, 0.3) is 16.6 Å². The number of fused-ring (bicyclic) bond motifs is 1. The average molecular weight is 487 g/mol. The zero-order valence-electron chi connectivity index (χ0n) is 19.6. The second-order valence-corrected chi connectivity index (χ2v) is 9.68. The molecule has 2 amide bonds. The molecule has 1 aromatic heterocycles. The van der Waals surface area contributed by atoms with Gasteiger partial charge in [0.05, 0.1) is 29.5 Å². The van der Waals surface area contributed by atoms with Crippen molar-refractivity contribution >= 4 is 28.4 Å². The minimum absolute atomic E-state index is 0.0315. The molecule has 1 aliphatic carbocycles. The quantitative estimate of drug-likeness (QED) is 0.435. The lowest BCUT2D eigenvalue weighted by Crippen LogP contribution is -2.40. The highest BCUT2D eigenvalue weighted by Crippen LogP contribution is 2.41. The first-order valence-corrected chi connectivity index (χ1v) is 12.0. The van der Waals surface area contributed by atoms with E-state index in [1.54, 1.807) is 40.0 Å². The van der Waals surface area contributed by atoms with E-state index in [0.29, 0.717) is 22.9 Å². The van der Waals surface area contributed by atoms with Gasteiger partial charge in [-0.25, -0.2) is 13.5 Å². The smallest absolute Gasteiger partial charge is 0.229 e. The minimum Gasteiger partial charge on any atom is -0.350 e. The summed E-state index contributed by atoms with van der Waals surface area (Å²) >= 11 is 0. The standard InChI is InChI=1S/C28H24F2N4O2/c1-16-11-23(16)28(36)32-24-14-26(35)33(27(24)17-3-2-4-20(30)12-17)22-9-10-25-18(13-22)15-31-34(25)21-7-5-19(29)6-8-21/h2-10,12-13,15-16,23-24,27H,11,14H2,1H3,(H,32,36)/t16?,23?,24-,27+/m0/s1. The molecule has 0 radical (unpaired) electrons. The van der Waals surface area contributed by atoms with Gasteiger partial charge in [-0.2, -0.15) is 5.10 Å². The molecule has 2 heterocycles. The number of nitrogens with one attached hydrogen (secondary N) is 1. The molecule has 0 spiro atoms. The van der Waals surface area contributed by atoms with Gasteiger partial charge in [-0.1, -0.05) is 19.1 Å². The molecule has 1 saturated carbocycles. The van der Waals surface area contributed by atoms with E-state index in [9.17, 15) is 18.4 Å². The fourth-order valence-corrected chi connectivity index (χ4v) is 5.18. The Morgan fingerprint density at radius 1 is 1.00 bits per heavy atom. The maximum Gasteiger partial charge on any atom is 0.229 e. The maximum absolute atomic E-state index is 14.2. The van der Waals surface area contributed by atoms with Crippen LogP contribution in [0.15, 0.2) is 72.9 Å². The van der Waals surface area contributed by atoms with E-state index < -0.39 is 17.9 Å². The SMILES string of the molecule is CC1CC1C(=O)N[C@H]1CC(=O)N(c2ccc3c(cnn3-c3ccc(F)cc3)c2)[C@@H]1c1cccc(F)c1. The van der Waals surface area contributed by atoms with E-state index in [4.69, 9.17) is 0 Å². The summed E-state index contributed by atoms with van der Waals surface area (Å²) in [6.07, 6.45) is 2.66. The molecule has 6 nitrogen and oxygen atoms in total. The molecule has 4 aromatic rings. The lowest BCUT2D eigenvalue weighted by atomic mass is 9.99. The number of aromatic nitrogens is 2. The fourth-order valence-electron chi connectivity index (χ4n) is 5.18. The molecule has 2 unspecified atom stereocenters. The van der Waals surface area contributed by atoms with Gasteiger partial charge in [-0.05, 0) is 72.5 Å². The van der Waals surface area contributed by atoms with E-state index in [1.807, 2.05) is 25.1 Å². The van der Waals surface area contributed by atoms with Crippen molar-refractivity contribution in [3.8, 4) is 5.69 Å². The minimum atomic E-state index is -0.546. The van der Waals surface area contributed by atoms with E-state index in [1.165, 1.54) is 24.3 Å². The summed E-state index contributed by atoms with van der Waals surface area (Å²) in [6.45, 7) is 2.03. The van der Waals surface area contributed by atoms with Crippen LogP contribution in [0.5, 0.6) is 0 Å². The van der Waals surface area contributed by atoms with Crippen LogP contribution in [0.2, 0.25) is 0 Å². The Morgan fingerprint density at radius 3 is 2.47 bits per heavy atom. The van der Waals surface area contributed by atoms with Gasteiger partial charge in [0.2, 0.25) is 11.8 Å². The predicted molar refractivity (Wildman–Crippen MR) is 131 cm³/mol. The van der Waals surface area contributed by atoms with Crippen LogP contribution in [-0.2, 0) is 9.59 Å². The van der Waals surface area contributed by atoms with Crippen LogP contribution >= 0.6 is 0 Å². The molecule has 4 atom stereocenters. The molecule has 3 aromatic carbocycles. The van der Waals surface area contributed by atoms with E-state index in [-0.39, 0.29) is 30.0 Å². The van der Waals surface area contributed by atoms with Crippen molar-refractivity contribution in [2.75, 3.05) is 4.90 Å². The van der Waals surface area contributed by atoms with Crippen molar-refractivity contribution in [3.63, 3.8) is 0 Å². The number of hydrogen-bond donors (Lipinski definition) is 1. The third kappa shape index (κ3) is 3.92. The summed E-state index contributed by atoms with van der Waals surface area (Å²) in [7, 11) is 0. The molecule has 6 rings (SSSR count). The Kier molecular flexibility index (Phi) is 5.32. The number of anilines is 1. The van der Waals surface area contributed by atoms with Crippen LogP contribution in [0.4, 0.5) is 14.5 Å². The molecule has 182 valence electrons. The Morgan fingerprint density at radius 2 is 1.75 bits per heavy atom. The van der Waals surface area contributed by atoms with Gasteiger partial charge in [0.15, 0.2) is 0 Å². The summed E-state index contributed by atoms with van der Waals surface area (Å²) < 4.78 is 29.3. The number of amides is 2. The molecule has 2 aliphatic rings. The van der Waals surface area contributed by atoms with Crippen LogP contribution in [0, 0.1) is 23.5 Å². The predicted octanol–water partition coefficient (Wildman–Crippen LogP) is 4.92. The second kappa shape index (κ2) is 8.55.